The van der Waals surface area contributed by atoms with E-state index in [1.165, 1.54) is 77.2 Å². The van der Waals surface area contributed by atoms with Crippen molar-refractivity contribution in [2.45, 2.75) is 259 Å². The Balaban J connectivity index is 1.16. The number of hydrogen-bond donors (Lipinski definition) is 20. The number of primary amides is 1. The number of amides is 8. The summed E-state index contributed by atoms with van der Waals surface area (Å²) in [5.41, 5.74) is 14.5. The van der Waals surface area contributed by atoms with E-state index in [2.05, 4.69) is 49.5 Å². The van der Waals surface area contributed by atoms with Gasteiger partial charge in [-0.2, -0.15) is 0 Å². The summed E-state index contributed by atoms with van der Waals surface area (Å²) in [6, 6.07) is 2.95. The van der Waals surface area contributed by atoms with Crippen molar-refractivity contribution >= 4 is 58.9 Å². The zero-order valence-electron chi connectivity index (χ0n) is 67.8. The van der Waals surface area contributed by atoms with Crippen molar-refractivity contribution in [1.29, 1.82) is 0 Å². The van der Waals surface area contributed by atoms with E-state index in [1.54, 1.807) is 0 Å². The molecule has 8 aliphatic heterocycles. The predicted molar refractivity (Wildman–Crippen MR) is 429 cm³/mol. The van der Waals surface area contributed by atoms with Gasteiger partial charge in [0.1, 0.15) is 95.5 Å². The Morgan fingerprint density at radius 2 is 1.25 bits per heavy atom. The van der Waals surface area contributed by atoms with Crippen LogP contribution in [0, 0.1) is 5.92 Å². The van der Waals surface area contributed by atoms with Crippen molar-refractivity contribution in [3.8, 4) is 57.1 Å². The van der Waals surface area contributed by atoms with Crippen molar-refractivity contribution in [3.63, 3.8) is 0 Å². The molecule has 13 rings (SSSR count). The zero-order chi connectivity index (χ0) is 87.1. The molecule has 654 valence electrons. The van der Waals surface area contributed by atoms with Gasteiger partial charge in [-0.1, -0.05) is 102 Å². The summed E-state index contributed by atoms with van der Waals surface area (Å²) in [6.07, 6.45) is -14.9. The molecule has 0 aromatic heterocycles. The molecule has 1 unspecified atom stereocenters. The number of rotatable bonds is 24. The van der Waals surface area contributed by atoms with E-state index in [9.17, 15) is 55.5 Å². The van der Waals surface area contributed by atoms with Gasteiger partial charge in [-0.05, 0) is 136 Å². The van der Waals surface area contributed by atoms with Gasteiger partial charge in [0, 0.05) is 47.7 Å². The van der Waals surface area contributed by atoms with Crippen molar-refractivity contribution < 1.29 is 122 Å². The second kappa shape index (κ2) is 39.1. The van der Waals surface area contributed by atoms with Crippen LogP contribution in [0.1, 0.15) is 184 Å². The topological polar surface area (TPSA) is 567 Å². The number of nitrogens with two attached hydrogens (primary N) is 3. The van der Waals surface area contributed by atoms with Crippen molar-refractivity contribution in [1.82, 2.24) is 42.5 Å². The first-order valence-corrected chi connectivity index (χ1v) is 40.7. The summed E-state index contributed by atoms with van der Waals surface area (Å²) in [5, 5.41) is 126. The average molecular weight is 1700 g/mol. The minimum Gasteiger partial charge on any atom is -0.508 e. The van der Waals surface area contributed by atoms with Gasteiger partial charge in [0.2, 0.25) is 59.3 Å². The number of halogens is 1. The number of fused-ring (bicyclic) bond motifs is 15. The largest absolute Gasteiger partial charge is 0.508 e. The lowest BCUT2D eigenvalue weighted by Gasteiger charge is -2.47. The number of likely N-dealkylation sites (N-methyl/N-ethyl adjacent to an activating group) is 1. The fourth-order valence-corrected chi connectivity index (χ4v) is 16.0. The number of ether oxygens (including phenoxy) is 8. The Hall–Kier alpha value is -9.61. The summed E-state index contributed by atoms with van der Waals surface area (Å²) in [6.45, 7) is 11.0. The molecule has 22 atom stereocenters. The maximum Gasteiger partial charge on any atom is 0.248 e. The monoisotopic (exact) mass is 1700 g/mol. The normalized spacial score (nSPS) is 30.5. The number of hydrogen-bond acceptors (Lipinski definition) is 28. The minimum absolute atomic E-state index is 0.0218. The number of carbonyl (C=O) groups excluding carboxylic acids is 8. The molecule has 8 amide bonds. The fraction of sp³-hybridized carbons (Fsp3) is 0.542. The highest BCUT2D eigenvalue weighted by Gasteiger charge is 2.52. The molecule has 3 saturated heterocycles. The molecule has 0 spiro atoms. The van der Waals surface area contributed by atoms with Crippen LogP contribution in [-0.2, 0) is 62.0 Å². The van der Waals surface area contributed by atoms with Crippen LogP contribution in [0.15, 0.2) is 84.9 Å². The van der Waals surface area contributed by atoms with Gasteiger partial charge in [-0.25, -0.2) is 0 Å². The SMILES string of the molecule is CCCCCCCCCCNC(=O)C1NC(=O)[C@H]2NC(=O)[C@H](NC(=O)[C@@H]3NC(=O)[C@H](CC(N)=O)NC(=O)[C@H](NC(=O)[C@@H](CC(C)C)NC)[C@H](O)c4ccc(c(Cl)c4)Oc4cc3cc(c4O[C@@H]3O[C@H](CO)[C@@H](O)[C@H](O)[C@H]3O[C@H]3C[C@](C)(N)[C@@H](O)[C@H](C)O3)Oc3ccc(cc3)[C@H]2O[C@H]2C[C@](C)(N)[C@@H](O)[C@H](C)O2)c2ccc(O)c(c2)-c2c(O)cc(O)cc21. The summed E-state index contributed by atoms with van der Waals surface area (Å²) in [4.78, 5) is 123. The quantitative estimate of drug-likeness (QED) is 0.0395. The van der Waals surface area contributed by atoms with Gasteiger partial charge < -0.3 is 144 Å². The molecule has 0 radical (unpaired) electrons. The third-order valence-electron chi connectivity index (χ3n) is 22.4. The Labute approximate surface area is 697 Å². The zero-order valence-corrected chi connectivity index (χ0v) is 68.5. The highest BCUT2D eigenvalue weighted by molar-refractivity contribution is 6.32. The highest BCUT2D eigenvalue weighted by atomic mass is 35.5. The first-order chi connectivity index (χ1) is 56.9. The number of aromatic hydroxyl groups is 3. The first-order valence-electron chi connectivity index (χ1n) is 40.3. The number of carbonyl (C=O) groups is 8. The highest BCUT2D eigenvalue weighted by Crippen LogP contribution is 2.50. The lowest BCUT2D eigenvalue weighted by molar-refractivity contribution is -0.333. The number of benzene rings is 5. The van der Waals surface area contributed by atoms with Crippen LogP contribution in [0.25, 0.3) is 11.1 Å². The summed E-state index contributed by atoms with van der Waals surface area (Å²) >= 11 is 7.19. The van der Waals surface area contributed by atoms with Crippen LogP contribution in [0.2, 0.25) is 5.02 Å². The van der Waals surface area contributed by atoms with Crippen molar-refractivity contribution in [2.24, 2.45) is 23.1 Å². The molecular formula is C83H110ClN11O25. The van der Waals surface area contributed by atoms with E-state index in [0.29, 0.717) is 12.8 Å². The molecule has 0 saturated carbocycles. The van der Waals surface area contributed by atoms with Crippen LogP contribution < -0.4 is 73.9 Å². The predicted octanol–water partition coefficient (Wildman–Crippen LogP) is 2.86. The molecule has 11 bridgehead atoms. The molecular weight excluding hydrogens is 1590 g/mol. The number of unbranched alkanes of at least 4 members (excludes halogenated alkanes) is 7. The van der Waals surface area contributed by atoms with E-state index in [4.69, 9.17) is 66.7 Å². The fourth-order valence-electron chi connectivity index (χ4n) is 15.8. The van der Waals surface area contributed by atoms with Gasteiger partial charge in [0.25, 0.3) is 0 Å². The van der Waals surface area contributed by atoms with Crippen LogP contribution in [0.5, 0.6) is 46.0 Å². The first kappa shape index (κ1) is 91.1. The maximum atomic E-state index is 16.6. The lowest BCUT2D eigenvalue weighted by atomic mass is 9.86. The molecule has 120 heavy (non-hydrogen) atoms. The van der Waals surface area contributed by atoms with Crippen LogP contribution in [-0.4, -0.2) is 216 Å². The van der Waals surface area contributed by atoms with Gasteiger partial charge >= 0.3 is 0 Å². The van der Waals surface area contributed by atoms with Gasteiger partial charge in [0.05, 0.1) is 48.5 Å². The smallest absolute Gasteiger partial charge is 0.248 e. The average Bonchev–Trinajstić information content (AvgIpc) is 0.766. The van der Waals surface area contributed by atoms with Crippen molar-refractivity contribution in [3.05, 3.63) is 118 Å². The van der Waals surface area contributed by atoms with E-state index >= 15 is 28.8 Å². The molecule has 8 aliphatic rings. The van der Waals surface area contributed by atoms with E-state index in [0.717, 1.165) is 81.0 Å². The summed E-state index contributed by atoms with van der Waals surface area (Å²) in [7, 11) is 1.49. The molecule has 37 heteroatoms. The lowest BCUT2D eigenvalue weighted by Crippen LogP contribution is -2.64. The standard InChI is InChI=1S/C83H110ClN11O25/c1-9-10-11-12-13-14-15-16-25-89-76(108)63-47-31-44(97)32-52(99)60(47)46-27-41(19-23-51(46)98)61-77(109)95-65(80(112)93-63)69(118-58-34-82(6,86)72(104)38(4)113-58)40-17-21-45(22-18-40)115-54-29-43-30-55(70(54)120-81-71(68(103)67(102)56(36-96)117-81)119-59-35-83(7,87)73(105)39(5)114-59)116-53-24-20-42(28-48(53)84)66(101)64(94-74(106)49(88-8)26-37(2)3)79(111)90-50(33-57(85)100)75(107)91-62(43)78(110)92-61/h17-24,27-32,37-39,49-50,56,58-59,61-69,71-73,81,88,96-99,101-105H,9-16,25-26,33-36,86-87H2,1-8H3,(H2,85,100)(H,89,108)(H,90,111)(H,91,107)(H,92,110)(H,93,112)(H,94,106)(H,95,109)/t38-,39-,49+,50-,56+,58-,59-,61+,62+,63?,64+,65-,66+,67+,68-,69+,71+,72-,73-,81-,82-,83-/m0/s1. The van der Waals surface area contributed by atoms with Crippen LogP contribution in [0.4, 0.5) is 0 Å². The molecule has 5 aromatic rings. The van der Waals surface area contributed by atoms with E-state index < -0.39 is 234 Å². The maximum absolute atomic E-state index is 16.6. The Bertz CT molecular complexity index is 4540. The summed E-state index contributed by atoms with van der Waals surface area (Å²) in [5.74, 6) is -13.8. The number of aliphatic hydroxyl groups is 6. The number of phenolic OH excluding ortho intramolecular Hbond substituents is 3. The molecule has 0 aliphatic carbocycles. The second-order valence-corrected chi connectivity index (χ2v) is 33.0. The van der Waals surface area contributed by atoms with Crippen molar-refractivity contribution in [2.75, 3.05) is 20.2 Å². The number of aliphatic hydroxyl groups excluding tert-OH is 6. The minimum atomic E-state index is -2.33. The molecule has 36 nitrogen and oxygen atoms in total. The second-order valence-electron chi connectivity index (χ2n) is 32.6. The molecule has 23 N–H and O–H groups in total. The Morgan fingerprint density at radius 1 is 0.650 bits per heavy atom. The van der Waals surface area contributed by atoms with E-state index in [1.807, 2.05) is 13.8 Å². The molecule has 8 heterocycles. The Kier molecular flexibility index (Phi) is 29.7. The van der Waals surface area contributed by atoms with E-state index in [-0.39, 0.29) is 81.6 Å². The molecule has 3 fully saturated rings. The van der Waals surface area contributed by atoms with Crippen LogP contribution >= 0.6 is 11.6 Å². The third-order valence-corrected chi connectivity index (χ3v) is 22.7. The Morgan fingerprint density at radius 3 is 1.87 bits per heavy atom. The van der Waals surface area contributed by atoms with Gasteiger partial charge in [0.15, 0.2) is 30.2 Å². The third kappa shape index (κ3) is 21.1. The molecule has 5 aromatic carbocycles. The van der Waals surface area contributed by atoms with Gasteiger partial charge in [-0.3, -0.25) is 38.4 Å². The summed E-state index contributed by atoms with van der Waals surface area (Å²) < 4.78 is 52.3. The number of phenols is 3. The van der Waals surface area contributed by atoms with Gasteiger partial charge in [-0.15, -0.1) is 0 Å². The number of nitrogens with one attached hydrogen (secondary N) is 8. The van der Waals surface area contributed by atoms with Crippen LogP contribution in [0.3, 0.4) is 0 Å².